The van der Waals surface area contributed by atoms with Gasteiger partial charge in [-0.1, -0.05) is 22.4 Å². The highest BCUT2D eigenvalue weighted by Gasteiger charge is 2.30. The fraction of sp³-hybridized carbons (Fsp3) is 0.118. The van der Waals surface area contributed by atoms with Crippen LogP contribution >= 0.6 is 0 Å². The highest BCUT2D eigenvalue weighted by Crippen LogP contribution is 2.29. The minimum absolute atomic E-state index is 0.0340. The Morgan fingerprint density at radius 2 is 1.79 bits per heavy atom. The van der Waals surface area contributed by atoms with Gasteiger partial charge in [0.1, 0.15) is 18.1 Å². The van der Waals surface area contributed by atoms with Crippen molar-refractivity contribution in [1.29, 1.82) is 0 Å². The lowest BCUT2D eigenvalue weighted by Crippen LogP contribution is -2.17. The maximum absolute atomic E-state index is 14.0. The molecule has 3 aromatic rings. The Hall–Kier alpha value is -3.83. The molecule has 0 aliphatic carbocycles. The molecule has 0 atom stereocenters. The monoisotopic (exact) mass is 413 g/mol. The van der Waals surface area contributed by atoms with Crippen molar-refractivity contribution in [3.05, 3.63) is 59.5 Å². The number of nitrogens with zero attached hydrogens (tertiary/aromatic N) is 2. The topological polar surface area (TPSA) is 107 Å². The Bertz CT molecular complexity index is 1010. The molecule has 2 aromatic carbocycles. The summed E-state index contributed by atoms with van der Waals surface area (Å²) in [4.78, 5) is 11.0. The lowest BCUT2D eigenvalue weighted by molar-refractivity contribution is -0.274. The van der Waals surface area contributed by atoms with Crippen LogP contribution < -0.4 is 14.2 Å². The summed E-state index contributed by atoms with van der Waals surface area (Å²) in [6.07, 6.45) is -4.80. The maximum Gasteiger partial charge on any atom is 0.573 e. The third kappa shape index (κ3) is 5.34. The standard InChI is InChI=1S/C17H11F4N3O5/c18-12-6-5-11(28-15-14(16(25)26)22-24-23-15)7-13(12)27-8-9-1-3-10(4-2-9)29-17(19,20)21/h1-7H,8H2,(H,25,26)(H,22,23,24). The summed E-state index contributed by atoms with van der Waals surface area (Å²) >= 11 is 0. The first-order chi connectivity index (χ1) is 13.7. The fourth-order valence-electron chi connectivity index (χ4n) is 2.15. The number of nitrogens with one attached hydrogen (secondary N) is 1. The molecule has 2 N–H and O–H groups in total. The van der Waals surface area contributed by atoms with Gasteiger partial charge >= 0.3 is 12.3 Å². The van der Waals surface area contributed by atoms with E-state index < -0.39 is 29.6 Å². The highest BCUT2D eigenvalue weighted by molar-refractivity contribution is 5.87. The van der Waals surface area contributed by atoms with Crippen molar-refractivity contribution in [1.82, 2.24) is 15.4 Å². The third-order valence-corrected chi connectivity index (χ3v) is 3.40. The number of carboxylic acid groups (broad SMARTS) is 1. The van der Waals surface area contributed by atoms with Crippen LogP contribution in [0.2, 0.25) is 0 Å². The summed E-state index contributed by atoms with van der Waals surface area (Å²) in [5.74, 6) is -2.99. The number of aromatic carboxylic acids is 1. The zero-order chi connectivity index (χ0) is 21.0. The molecule has 152 valence electrons. The largest absolute Gasteiger partial charge is 0.573 e. The predicted octanol–water partition coefficient (Wildman–Crippen LogP) is 3.91. The van der Waals surface area contributed by atoms with Gasteiger partial charge in [-0.3, -0.25) is 0 Å². The first-order valence-electron chi connectivity index (χ1n) is 7.80. The van der Waals surface area contributed by atoms with E-state index in [0.717, 1.165) is 24.3 Å². The predicted molar refractivity (Wildman–Crippen MR) is 87.3 cm³/mol. The van der Waals surface area contributed by atoms with Crippen LogP contribution in [0.5, 0.6) is 23.1 Å². The zero-order valence-corrected chi connectivity index (χ0v) is 14.2. The fourth-order valence-corrected chi connectivity index (χ4v) is 2.15. The minimum atomic E-state index is -4.80. The molecule has 0 amide bonds. The van der Waals surface area contributed by atoms with Gasteiger partial charge in [-0.2, -0.15) is 0 Å². The van der Waals surface area contributed by atoms with Crippen molar-refractivity contribution in [3.8, 4) is 23.1 Å². The van der Waals surface area contributed by atoms with Gasteiger partial charge in [0.25, 0.3) is 5.88 Å². The Labute approximate surface area is 159 Å². The van der Waals surface area contributed by atoms with Crippen molar-refractivity contribution < 1.29 is 41.7 Å². The normalized spacial score (nSPS) is 11.2. The van der Waals surface area contributed by atoms with Crippen LogP contribution in [-0.4, -0.2) is 32.8 Å². The second-order valence-corrected chi connectivity index (χ2v) is 5.47. The molecule has 0 fully saturated rings. The van der Waals surface area contributed by atoms with Crippen LogP contribution in [0.15, 0.2) is 42.5 Å². The number of hydrogen-bond acceptors (Lipinski definition) is 6. The molecule has 8 nitrogen and oxygen atoms in total. The van der Waals surface area contributed by atoms with Crippen LogP contribution in [0.4, 0.5) is 17.6 Å². The van der Waals surface area contributed by atoms with Gasteiger partial charge in [-0.15, -0.1) is 13.2 Å². The quantitative estimate of drug-likeness (QED) is 0.566. The Kier molecular flexibility index (Phi) is 5.52. The Balaban J connectivity index is 1.67. The van der Waals surface area contributed by atoms with Crippen LogP contribution in [0, 0.1) is 5.82 Å². The number of alkyl halides is 3. The third-order valence-electron chi connectivity index (χ3n) is 3.40. The summed E-state index contributed by atoms with van der Waals surface area (Å²) in [7, 11) is 0. The summed E-state index contributed by atoms with van der Waals surface area (Å²) in [6.45, 7) is -0.156. The van der Waals surface area contributed by atoms with Gasteiger partial charge in [0.15, 0.2) is 11.6 Å². The number of ether oxygens (including phenoxy) is 3. The van der Waals surface area contributed by atoms with Crippen LogP contribution in [0.25, 0.3) is 0 Å². The molecule has 0 radical (unpaired) electrons. The van der Waals surface area contributed by atoms with E-state index in [1.807, 2.05) is 0 Å². The van der Waals surface area contributed by atoms with E-state index in [9.17, 15) is 22.4 Å². The van der Waals surface area contributed by atoms with Crippen molar-refractivity contribution in [2.24, 2.45) is 0 Å². The van der Waals surface area contributed by atoms with Gasteiger partial charge in [0.2, 0.25) is 5.69 Å². The molecule has 29 heavy (non-hydrogen) atoms. The average molecular weight is 413 g/mol. The Morgan fingerprint density at radius 1 is 1.10 bits per heavy atom. The smallest absolute Gasteiger partial charge is 0.486 e. The molecule has 0 spiro atoms. The van der Waals surface area contributed by atoms with Crippen LogP contribution in [-0.2, 0) is 6.61 Å². The molecule has 1 heterocycles. The van der Waals surface area contributed by atoms with Crippen LogP contribution in [0.1, 0.15) is 16.1 Å². The van der Waals surface area contributed by atoms with Crippen molar-refractivity contribution in [2.45, 2.75) is 13.0 Å². The molecule has 0 aliphatic heterocycles. The number of hydrogen-bond donors (Lipinski definition) is 2. The van der Waals surface area contributed by atoms with E-state index in [1.165, 1.54) is 18.2 Å². The number of H-pyrrole nitrogens is 1. The van der Waals surface area contributed by atoms with E-state index in [2.05, 4.69) is 20.1 Å². The molecule has 1 aromatic heterocycles. The minimum Gasteiger partial charge on any atom is -0.486 e. The molecular formula is C17H11F4N3O5. The molecule has 0 aliphatic rings. The van der Waals surface area contributed by atoms with Crippen molar-refractivity contribution >= 4 is 5.97 Å². The number of rotatable bonds is 7. The first-order valence-corrected chi connectivity index (χ1v) is 7.80. The van der Waals surface area contributed by atoms with Crippen molar-refractivity contribution in [3.63, 3.8) is 0 Å². The van der Waals surface area contributed by atoms with Gasteiger partial charge in [0, 0.05) is 6.07 Å². The van der Waals surface area contributed by atoms with Gasteiger partial charge < -0.3 is 19.3 Å². The van der Waals surface area contributed by atoms with Gasteiger partial charge in [-0.25, -0.2) is 14.3 Å². The van der Waals surface area contributed by atoms with E-state index in [4.69, 9.17) is 14.6 Å². The molecule has 0 bridgehead atoms. The van der Waals surface area contributed by atoms with Gasteiger partial charge in [-0.05, 0) is 29.8 Å². The number of benzene rings is 2. The second kappa shape index (κ2) is 8.04. The molecular weight excluding hydrogens is 402 g/mol. The first kappa shape index (κ1) is 19.9. The number of carbonyl (C=O) groups is 1. The Morgan fingerprint density at radius 3 is 2.45 bits per heavy atom. The van der Waals surface area contributed by atoms with Crippen molar-refractivity contribution in [2.75, 3.05) is 0 Å². The second-order valence-electron chi connectivity index (χ2n) is 5.47. The lowest BCUT2D eigenvalue weighted by atomic mass is 10.2. The van der Waals surface area contributed by atoms with E-state index in [0.29, 0.717) is 5.56 Å². The SMILES string of the molecule is O=C(O)c1[nH]nnc1Oc1ccc(F)c(OCc2ccc(OC(F)(F)F)cc2)c1. The van der Waals surface area contributed by atoms with Gasteiger partial charge in [0.05, 0.1) is 0 Å². The molecule has 0 saturated carbocycles. The van der Waals surface area contributed by atoms with E-state index in [1.54, 1.807) is 0 Å². The lowest BCUT2D eigenvalue weighted by Gasteiger charge is -2.11. The van der Waals surface area contributed by atoms with E-state index >= 15 is 0 Å². The average Bonchev–Trinajstić information content (AvgIpc) is 3.10. The molecule has 12 heteroatoms. The maximum atomic E-state index is 14.0. The molecule has 0 unspecified atom stereocenters. The molecule has 3 rings (SSSR count). The summed E-state index contributed by atoms with van der Waals surface area (Å²) in [5.41, 5.74) is 0.0628. The number of aromatic amines is 1. The summed E-state index contributed by atoms with van der Waals surface area (Å²) in [5, 5.41) is 17.9. The van der Waals surface area contributed by atoms with E-state index in [-0.39, 0.29) is 24.0 Å². The summed E-state index contributed by atoms with van der Waals surface area (Å²) in [6, 6.07) is 8.27. The molecule has 0 saturated heterocycles. The zero-order valence-electron chi connectivity index (χ0n) is 14.2. The summed E-state index contributed by atoms with van der Waals surface area (Å²) < 4.78 is 64.8. The number of aromatic nitrogens is 3. The number of carboxylic acids is 1. The van der Waals surface area contributed by atoms with Crippen LogP contribution in [0.3, 0.4) is 0 Å². The highest BCUT2D eigenvalue weighted by atomic mass is 19.4. The number of halogens is 4.